The van der Waals surface area contributed by atoms with E-state index in [0.717, 1.165) is 47.1 Å². The van der Waals surface area contributed by atoms with Crippen LogP contribution in [-0.4, -0.2) is 85.9 Å². The number of amides is 1. The van der Waals surface area contributed by atoms with Crippen LogP contribution in [0.25, 0.3) is 10.8 Å². The zero-order valence-corrected chi connectivity index (χ0v) is 26.6. The Morgan fingerprint density at radius 2 is 1.54 bits per heavy atom. The lowest BCUT2D eigenvalue weighted by molar-refractivity contribution is -0.138. The fraction of sp³-hybridized carbons (Fsp3) is 0.500. The molecule has 2 heterocycles. The highest BCUT2D eigenvalue weighted by Gasteiger charge is 2.42. The number of nitrogens with two attached hydrogens (primary N) is 1. The molecule has 248 valence electrons. The standard InChI is InChI=1S/C34H41F3N4O4S/c35-34(36,37)27-9-5-24(6-10-27)13-16-39-19-20-41(32(23-39)33(42)40-17-14-28(38)15-18-40)46(43,44)31-12-8-25-21-30(11-7-26(25)22-31)45-29-3-1-2-4-29/h5-12,21-22,28-29,32H,1-4,13-20,23,38H2. The van der Waals surface area contributed by atoms with Crippen LogP contribution in [0.2, 0.25) is 0 Å². The van der Waals surface area contributed by atoms with Gasteiger partial charge in [-0.05, 0) is 97.7 Å². The second kappa shape index (κ2) is 13.5. The molecule has 6 rings (SSSR count). The van der Waals surface area contributed by atoms with Crippen LogP contribution in [0.5, 0.6) is 5.75 Å². The van der Waals surface area contributed by atoms with Crippen molar-refractivity contribution >= 4 is 26.7 Å². The van der Waals surface area contributed by atoms with Crippen LogP contribution in [0.15, 0.2) is 65.6 Å². The van der Waals surface area contributed by atoms with Crippen molar-refractivity contribution in [2.24, 2.45) is 5.73 Å². The van der Waals surface area contributed by atoms with E-state index in [1.54, 1.807) is 23.1 Å². The van der Waals surface area contributed by atoms with Gasteiger partial charge in [0.2, 0.25) is 15.9 Å². The van der Waals surface area contributed by atoms with Crippen LogP contribution in [-0.2, 0) is 27.4 Å². The molecule has 8 nitrogen and oxygen atoms in total. The molecular formula is C34H41F3N4O4S. The fourth-order valence-corrected chi connectivity index (χ4v) is 8.36. The average Bonchev–Trinajstić information content (AvgIpc) is 3.56. The van der Waals surface area contributed by atoms with Crippen molar-refractivity contribution in [2.75, 3.05) is 39.3 Å². The Labute approximate surface area is 268 Å². The molecule has 0 spiro atoms. The van der Waals surface area contributed by atoms with Gasteiger partial charge in [0.1, 0.15) is 11.8 Å². The lowest BCUT2D eigenvalue weighted by Gasteiger charge is -2.42. The Kier molecular flexibility index (Phi) is 9.61. The largest absolute Gasteiger partial charge is 0.490 e. The number of benzene rings is 3. The quantitative estimate of drug-likeness (QED) is 0.364. The summed E-state index contributed by atoms with van der Waals surface area (Å²) in [6.07, 6.45) is 2.02. The highest BCUT2D eigenvalue weighted by molar-refractivity contribution is 7.89. The number of carbonyl (C=O) groups is 1. The zero-order chi connectivity index (χ0) is 32.5. The Balaban J connectivity index is 1.20. The van der Waals surface area contributed by atoms with E-state index >= 15 is 0 Å². The monoisotopic (exact) mass is 658 g/mol. The molecule has 3 aromatic rings. The summed E-state index contributed by atoms with van der Waals surface area (Å²) in [4.78, 5) is 17.8. The minimum atomic E-state index is -4.40. The summed E-state index contributed by atoms with van der Waals surface area (Å²) in [7, 11) is -4.04. The van der Waals surface area contributed by atoms with E-state index in [0.29, 0.717) is 45.4 Å². The number of halogens is 3. The number of sulfonamides is 1. The van der Waals surface area contributed by atoms with E-state index in [1.165, 1.54) is 29.3 Å². The normalized spacial score (nSPS) is 21.2. The lowest BCUT2D eigenvalue weighted by atomic mass is 10.0. The van der Waals surface area contributed by atoms with E-state index in [-0.39, 0.29) is 36.0 Å². The van der Waals surface area contributed by atoms with Crippen molar-refractivity contribution in [3.8, 4) is 5.75 Å². The Morgan fingerprint density at radius 1 is 0.870 bits per heavy atom. The van der Waals surface area contributed by atoms with Crippen molar-refractivity contribution in [1.82, 2.24) is 14.1 Å². The van der Waals surface area contributed by atoms with Crippen LogP contribution >= 0.6 is 0 Å². The third-order valence-corrected chi connectivity index (χ3v) is 11.4. The lowest BCUT2D eigenvalue weighted by Crippen LogP contribution is -2.62. The summed E-state index contributed by atoms with van der Waals surface area (Å²) in [5, 5.41) is 1.64. The summed E-state index contributed by atoms with van der Waals surface area (Å²) >= 11 is 0. The van der Waals surface area contributed by atoms with Gasteiger partial charge in [-0.3, -0.25) is 9.69 Å². The van der Waals surface area contributed by atoms with Gasteiger partial charge in [0.25, 0.3) is 0 Å². The number of ether oxygens (including phenoxy) is 1. The van der Waals surface area contributed by atoms with Gasteiger partial charge < -0.3 is 15.4 Å². The van der Waals surface area contributed by atoms with Crippen molar-refractivity contribution in [1.29, 1.82) is 0 Å². The van der Waals surface area contributed by atoms with Crippen molar-refractivity contribution in [3.05, 3.63) is 71.8 Å². The Bertz CT molecular complexity index is 1640. The maximum Gasteiger partial charge on any atom is 0.416 e. The van der Waals surface area contributed by atoms with E-state index in [1.807, 2.05) is 23.1 Å². The highest BCUT2D eigenvalue weighted by atomic mass is 32.2. The van der Waals surface area contributed by atoms with Gasteiger partial charge in [-0.1, -0.05) is 24.3 Å². The van der Waals surface area contributed by atoms with E-state index in [4.69, 9.17) is 10.5 Å². The molecule has 0 radical (unpaired) electrons. The van der Waals surface area contributed by atoms with Gasteiger partial charge in [-0.15, -0.1) is 0 Å². The molecule has 0 bridgehead atoms. The maximum absolute atomic E-state index is 14.2. The topological polar surface area (TPSA) is 96.2 Å². The predicted molar refractivity (Wildman–Crippen MR) is 170 cm³/mol. The number of hydrogen-bond acceptors (Lipinski definition) is 6. The van der Waals surface area contributed by atoms with Crippen molar-refractivity contribution < 1.29 is 31.1 Å². The minimum Gasteiger partial charge on any atom is -0.490 e. The third kappa shape index (κ3) is 7.35. The van der Waals surface area contributed by atoms with Gasteiger partial charge in [-0.2, -0.15) is 17.5 Å². The smallest absolute Gasteiger partial charge is 0.416 e. The molecule has 46 heavy (non-hydrogen) atoms. The number of hydrogen-bond donors (Lipinski definition) is 1. The Hall–Kier alpha value is -3.19. The molecule has 3 aromatic carbocycles. The van der Waals surface area contributed by atoms with Gasteiger partial charge >= 0.3 is 6.18 Å². The molecule has 0 aromatic heterocycles. The van der Waals surface area contributed by atoms with E-state index < -0.39 is 27.8 Å². The molecule has 1 aliphatic carbocycles. The first kappa shape index (κ1) is 32.7. The van der Waals surface area contributed by atoms with Crippen LogP contribution < -0.4 is 10.5 Å². The first-order chi connectivity index (χ1) is 22.0. The number of nitrogens with zero attached hydrogens (tertiary/aromatic N) is 3. The van der Waals surface area contributed by atoms with Crippen molar-refractivity contribution in [3.63, 3.8) is 0 Å². The number of fused-ring (bicyclic) bond motifs is 1. The van der Waals surface area contributed by atoms with Crippen LogP contribution in [0.3, 0.4) is 0 Å². The minimum absolute atomic E-state index is 0.0113. The summed E-state index contributed by atoms with van der Waals surface area (Å²) in [5.74, 6) is 0.526. The number of carbonyl (C=O) groups excluding carboxylic acids is 1. The summed E-state index contributed by atoms with van der Waals surface area (Å²) in [6, 6.07) is 14.9. The number of likely N-dealkylation sites (tertiary alicyclic amines) is 1. The molecule has 2 aliphatic heterocycles. The molecule has 1 unspecified atom stereocenters. The molecule has 1 atom stereocenters. The molecule has 2 N–H and O–H groups in total. The van der Waals surface area contributed by atoms with Crippen LogP contribution in [0.1, 0.15) is 49.7 Å². The molecule has 1 saturated carbocycles. The summed E-state index contributed by atoms with van der Waals surface area (Å²) in [5.41, 5.74) is 6.11. The summed E-state index contributed by atoms with van der Waals surface area (Å²) in [6.45, 7) is 2.12. The van der Waals surface area contributed by atoms with Gasteiger partial charge in [0.05, 0.1) is 16.6 Å². The Morgan fingerprint density at radius 3 is 2.24 bits per heavy atom. The van der Waals surface area contributed by atoms with Crippen LogP contribution in [0, 0.1) is 0 Å². The third-order valence-electron chi connectivity index (χ3n) is 9.54. The number of rotatable bonds is 8. The maximum atomic E-state index is 14.2. The molecule has 12 heteroatoms. The van der Waals surface area contributed by atoms with Gasteiger partial charge in [-0.25, -0.2) is 8.42 Å². The first-order valence-corrected chi connectivity index (χ1v) is 17.6. The van der Waals surface area contributed by atoms with Crippen LogP contribution in [0.4, 0.5) is 13.2 Å². The molecule has 2 saturated heterocycles. The average molecular weight is 659 g/mol. The predicted octanol–water partition coefficient (Wildman–Crippen LogP) is 5.05. The highest BCUT2D eigenvalue weighted by Crippen LogP contribution is 2.31. The van der Waals surface area contributed by atoms with Crippen molar-refractivity contribution in [2.45, 2.75) is 74.2 Å². The number of alkyl halides is 3. The van der Waals surface area contributed by atoms with E-state index in [9.17, 15) is 26.4 Å². The van der Waals surface area contributed by atoms with Gasteiger partial charge in [0, 0.05) is 45.3 Å². The zero-order valence-electron chi connectivity index (χ0n) is 25.8. The fourth-order valence-electron chi connectivity index (χ4n) is 6.76. The molecule has 1 amide bonds. The number of piperidine rings is 1. The molecule has 3 fully saturated rings. The summed E-state index contributed by atoms with van der Waals surface area (Å²) < 4.78 is 74.8. The second-order valence-electron chi connectivity index (χ2n) is 12.7. The molecule has 3 aliphatic rings. The van der Waals surface area contributed by atoms with Gasteiger partial charge in [0.15, 0.2) is 0 Å². The number of piperazine rings is 1. The SMILES string of the molecule is NC1CCN(C(=O)C2CN(CCc3ccc(C(F)(F)F)cc3)CCN2S(=O)(=O)c2ccc3cc(OC4CCCC4)ccc3c2)CC1. The molecular weight excluding hydrogens is 617 g/mol. The second-order valence-corrected chi connectivity index (χ2v) is 14.6. The van der Waals surface area contributed by atoms with E-state index in [2.05, 4.69) is 0 Å². The first-order valence-electron chi connectivity index (χ1n) is 16.1.